The zero-order chi connectivity index (χ0) is 15.6. The molecular formula is C14H18N2O5. The fraction of sp³-hybridized carbons (Fsp3) is 0.429. The number of carboxylic acids is 1. The Labute approximate surface area is 122 Å². The minimum atomic E-state index is -1.04. The van der Waals surface area contributed by atoms with Crippen LogP contribution in [0.5, 0.6) is 5.75 Å². The monoisotopic (exact) mass is 294 g/mol. The highest BCUT2D eigenvalue weighted by molar-refractivity contribution is 5.94. The maximum Gasteiger partial charge on any atom is 0.326 e. The Balaban J connectivity index is 2.17. The van der Waals surface area contributed by atoms with Crippen LogP contribution in [-0.4, -0.2) is 60.0 Å². The number of carbonyl (C=O) groups is 2. The van der Waals surface area contributed by atoms with Crippen molar-refractivity contribution in [1.29, 1.82) is 0 Å². The van der Waals surface area contributed by atoms with E-state index in [2.05, 4.69) is 0 Å². The Morgan fingerprint density at radius 3 is 2.48 bits per heavy atom. The first-order valence-electron chi connectivity index (χ1n) is 6.53. The van der Waals surface area contributed by atoms with Crippen LogP contribution < -0.4 is 4.90 Å². The Hall–Kier alpha value is -2.28. The number of carboxylic acid groups (broad SMARTS) is 1. The molecule has 1 heterocycles. The predicted octanol–water partition coefficient (Wildman–Crippen LogP) is 1.12. The summed E-state index contributed by atoms with van der Waals surface area (Å²) in [7, 11) is 3.06. The molecule has 2 rings (SSSR count). The van der Waals surface area contributed by atoms with Crippen molar-refractivity contribution in [3.63, 3.8) is 0 Å². The first-order valence-corrected chi connectivity index (χ1v) is 6.53. The van der Waals surface area contributed by atoms with Gasteiger partial charge in [0.05, 0.1) is 6.10 Å². The number of hydrogen-bond acceptors (Lipinski definition) is 4. The third-order valence-electron chi connectivity index (χ3n) is 3.65. The maximum atomic E-state index is 12.5. The summed E-state index contributed by atoms with van der Waals surface area (Å²) in [5, 5.41) is 18.5. The lowest BCUT2D eigenvalue weighted by atomic mass is 10.2. The number of carbonyl (C=O) groups excluding carboxylic acids is 1. The number of urea groups is 1. The molecule has 2 atom stereocenters. The summed E-state index contributed by atoms with van der Waals surface area (Å²) in [6, 6.07) is 4.82. The largest absolute Gasteiger partial charge is 0.508 e. The van der Waals surface area contributed by atoms with Gasteiger partial charge in [0.15, 0.2) is 0 Å². The molecule has 2 unspecified atom stereocenters. The molecule has 1 aliphatic rings. The molecule has 7 nitrogen and oxygen atoms in total. The number of aromatic hydroxyl groups is 1. The number of likely N-dealkylation sites (tertiary alicyclic amines) is 1. The Kier molecular flexibility index (Phi) is 4.32. The van der Waals surface area contributed by atoms with Gasteiger partial charge in [-0.3, -0.25) is 4.90 Å². The lowest BCUT2D eigenvalue weighted by Gasteiger charge is -2.27. The van der Waals surface area contributed by atoms with Gasteiger partial charge < -0.3 is 19.8 Å². The standard InChI is InChI=1S/C14H18N2O5/c1-15(9-3-5-10(17)6-4-9)14(20)16-8-11(21-2)7-12(16)13(18)19/h3-6,11-12,17H,7-8H2,1-2H3,(H,18,19). The smallest absolute Gasteiger partial charge is 0.326 e. The topological polar surface area (TPSA) is 90.3 Å². The van der Waals surface area contributed by atoms with Gasteiger partial charge in [-0.05, 0) is 24.3 Å². The Bertz CT molecular complexity index is 531. The normalized spacial score (nSPS) is 21.3. The summed E-state index contributed by atoms with van der Waals surface area (Å²) < 4.78 is 5.16. The zero-order valence-electron chi connectivity index (χ0n) is 11.9. The lowest BCUT2D eigenvalue weighted by molar-refractivity contribution is -0.141. The molecule has 21 heavy (non-hydrogen) atoms. The van der Waals surface area contributed by atoms with Crippen LogP contribution in [0, 0.1) is 0 Å². The van der Waals surface area contributed by atoms with E-state index in [9.17, 15) is 19.8 Å². The van der Waals surface area contributed by atoms with Gasteiger partial charge >= 0.3 is 12.0 Å². The lowest BCUT2D eigenvalue weighted by Crippen LogP contribution is -2.47. The van der Waals surface area contributed by atoms with Crippen LogP contribution in [-0.2, 0) is 9.53 Å². The van der Waals surface area contributed by atoms with Crippen molar-refractivity contribution < 1.29 is 24.5 Å². The second-order valence-corrected chi connectivity index (χ2v) is 4.96. The zero-order valence-corrected chi connectivity index (χ0v) is 11.9. The molecular weight excluding hydrogens is 276 g/mol. The summed E-state index contributed by atoms with van der Waals surface area (Å²) in [5.74, 6) is -0.939. The van der Waals surface area contributed by atoms with E-state index in [1.807, 2.05) is 0 Å². The number of phenols is 1. The van der Waals surface area contributed by atoms with Crippen LogP contribution in [0.3, 0.4) is 0 Å². The Morgan fingerprint density at radius 2 is 1.95 bits per heavy atom. The van der Waals surface area contributed by atoms with Crippen molar-refractivity contribution in [2.24, 2.45) is 0 Å². The number of aliphatic carboxylic acids is 1. The molecule has 0 spiro atoms. The van der Waals surface area contributed by atoms with Crippen LogP contribution in [0.1, 0.15) is 6.42 Å². The van der Waals surface area contributed by atoms with E-state index in [4.69, 9.17) is 4.74 Å². The molecule has 0 saturated carbocycles. The van der Waals surface area contributed by atoms with Gasteiger partial charge in [0, 0.05) is 32.8 Å². The second kappa shape index (κ2) is 6.01. The number of methoxy groups -OCH3 is 1. The van der Waals surface area contributed by atoms with E-state index >= 15 is 0 Å². The SMILES string of the molecule is COC1CC(C(=O)O)N(C(=O)N(C)c2ccc(O)cc2)C1. The molecule has 1 saturated heterocycles. The summed E-state index contributed by atoms with van der Waals surface area (Å²) in [6.45, 7) is 0.245. The number of benzene rings is 1. The van der Waals surface area contributed by atoms with Crippen LogP contribution in [0.15, 0.2) is 24.3 Å². The van der Waals surface area contributed by atoms with Gasteiger partial charge in [-0.1, -0.05) is 0 Å². The molecule has 1 aliphatic heterocycles. The first-order chi connectivity index (χ1) is 9.93. The summed E-state index contributed by atoms with van der Waals surface area (Å²) in [6.07, 6.45) is 0.00401. The minimum absolute atomic E-state index is 0.101. The van der Waals surface area contributed by atoms with Crippen molar-refractivity contribution >= 4 is 17.7 Å². The van der Waals surface area contributed by atoms with Crippen molar-refractivity contribution in [1.82, 2.24) is 4.90 Å². The van der Waals surface area contributed by atoms with Gasteiger partial charge in [-0.25, -0.2) is 9.59 Å². The Morgan fingerprint density at radius 1 is 1.33 bits per heavy atom. The predicted molar refractivity (Wildman–Crippen MR) is 75.4 cm³/mol. The molecule has 0 aromatic heterocycles. The van der Waals surface area contributed by atoms with Crippen LogP contribution in [0.25, 0.3) is 0 Å². The van der Waals surface area contributed by atoms with E-state index in [-0.39, 0.29) is 24.8 Å². The number of nitrogens with zero attached hydrogens (tertiary/aromatic N) is 2. The van der Waals surface area contributed by atoms with Gasteiger partial charge in [0.1, 0.15) is 11.8 Å². The molecule has 7 heteroatoms. The van der Waals surface area contributed by atoms with Crippen molar-refractivity contribution in [2.75, 3.05) is 25.6 Å². The highest BCUT2D eigenvalue weighted by atomic mass is 16.5. The van der Waals surface area contributed by atoms with Gasteiger partial charge in [-0.2, -0.15) is 0 Å². The average molecular weight is 294 g/mol. The fourth-order valence-electron chi connectivity index (χ4n) is 2.39. The molecule has 1 aromatic rings. The number of anilines is 1. The molecule has 0 radical (unpaired) electrons. The molecule has 2 amide bonds. The van der Waals surface area contributed by atoms with E-state index < -0.39 is 18.0 Å². The number of phenolic OH excluding ortho intramolecular Hbond substituents is 1. The van der Waals surface area contributed by atoms with Crippen molar-refractivity contribution in [3.8, 4) is 5.75 Å². The molecule has 1 aromatic carbocycles. The minimum Gasteiger partial charge on any atom is -0.508 e. The summed E-state index contributed by atoms with van der Waals surface area (Å²) >= 11 is 0. The highest BCUT2D eigenvalue weighted by Gasteiger charge is 2.41. The molecule has 114 valence electrons. The fourth-order valence-corrected chi connectivity index (χ4v) is 2.39. The third-order valence-corrected chi connectivity index (χ3v) is 3.65. The van der Waals surface area contributed by atoms with Gasteiger partial charge in [-0.15, -0.1) is 0 Å². The molecule has 1 fully saturated rings. The van der Waals surface area contributed by atoms with Crippen molar-refractivity contribution in [2.45, 2.75) is 18.6 Å². The number of ether oxygens (including phenoxy) is 1. The van der Waals surface area contributed by atoms with E-state index in [0.717, 1.165) is 0 Å². The number of rotatable bonds is 3. The molecule has 0 aliphatic carbocycles. The molecule has 0 bridgehead atoms. The second-order valence-electron chi connectivity index (χ2n) is 4.96. The number of amides is 2. The van der Waals surface area contributed by atoms with Crippen LogP contribution >= 0.6 is 0 Å². The third kappa shape index (κ3) is 3.08. The molecule has 2 N–H and O–H groups in total. The quantitative estimate of drug-likeness (QED) is 0.872. The average Bonchev–Trinajstić information content (AvgIpc) is 2.91. The van der Waals surface area contributed by atoms with E-state index in [1.54, 1.807) is 19.2 Å². The first kappa shape index (κ1) is 15.1. The summed E-state index contributed by atoms with van der Waals surface area (Å²) in [4.78, 5) is 26.4. The highest BCUT2D eigenvalue weighted by Crippen LogP contribution is 2.24. The van der Waals surface area contributed by atoms with E-state index in [0.29, 0.717) is 5.69 Å². The van der Waals surface area contributed by atoms with Gasteiger partial charge in [0.25, 0.3) is 0 Å². The van der Waals surface area contributed by atoms with Crippen molar-refractivity contribution in [3.05, 3.63) is 24.3 Å². The van der Waals surface area contributed by atoms with Gasteiger partial charge in [0.2, 0.25) is 0 Å². The van der Waals surface area contributed by atoms with Crippen LogP contribution in [0.4, 0.5) is 10.5 Å². The number of hydrogen-bond donors (Lipinski definition) is 2. The summed E-state index contributed by atoms with van der Waals surface area (Å²) in [5.41, 5.74) is 0.572. The van der Waals surface area contributed by atoms with Crippen LogP contribution in [0.2, 0.25) is 0 Å². The van der Waals surface area contributed by atoms with E-state index in [1.165, 1.54) is 29.0 Å². The maximum absolute atomic E-state index is 12.5.